The van der Waals surface area contributed by atoms with Crippen molar-refractivity contribution < 1.29 is 14.4 Å². The number of piperidine rings is 1. The molecule has 8 heteroatoms. The number of benzene rings is 1. The summed E-state index contributed by atoms with van der Waals surface area (Å²) in [4.78, 5) is 45.4. The summed E-state index contributed by atoms with van der Waals surface area (Å²) < 4.78 is 0. The molecule has 7 nitrogen and oxygen atoms in total. The molecule has 3 fully saturated rings. The molecule has 3 aliphatic heterocycles. The van der Waals surface area contributed by atoms with Gasteiger partial charge >= 0.3 is 6.03 Å². The lowest BCUT2D eigenvalue weighted by Crippen LogP contribution is -2.58. The Hall–Kier alpha value is -2.71. The van der Waals surface area contributed by atoms with Gasteiger partial charge < -0.3 is 15.1 Å². The molecule has 1 aromatic heterocycles. The van der Waals surface area contributed by atoms with E-state index in [-0.39, 0.29) is 23.8 Å². The second kappa shape index (κ2) is 9.88. The largest absolute Gasteiger partial charge is 0.339 e. The molecule has 0 aliphatic carbocycles. The molecule has 2 aromatic rings. The molecule has 4 amide bonds. The average Bonchev–Trinajstić information content (AvgIpc) is 3.62. The van der Waals surface area contributed by atoms with Crippen molar-refractivity contribution in [1.82, 2.24) is 20.0 Å². The minimum absolute atomic E-state index is 0.0209. The minimum Gasteiger partial charge on any atom is -0.339 e. The first-order chi connectivity index (χ1) is 16.6. The van der Waals surface area contributed by atoms with Crippen LogP contribution in [0.3, 0.4) is 0 Å². The highest BCUT2D eigenvalue weighted by Gasteiger charge is 2.56. The van der Waals surface area contributed by atoms with Gasteiger partial charge in [0.2, 0.25) is 0 Å². The van der Waals surface area contributed by atoms with E-state index >= 15 is 0 Å². The summed E-state index contributed by atoms with van der Waals surface area (Å²) in [6.07, 6.45) is 4.21. The van der Waals surface area contributed by atoms with Crippen LogP contribution in [0.15, 0.2) is 47.2 Å². The number of urea groups is 1. The molecule has 0 bridgehead atoms. The van der Waals surface area contributed by atoms with Crippen molar-refractivity contribution in [3.8, 4) is 0 Å². The summed E-state index contributed by atoms with van der Waals surface area (Å²) in [6, 6.07) is 11.5. The van der Waals surface area contributed by atoms with Crippen LogP contribution in [0.2, 0.25) is 0 Å². The number of imide groups is 1. The Balaban J connectivity index is 1.34. The maximum absolute atomic E-state index is 13.9. The minimum atomic E-state index is -0.957. The van der Waals surface area contributed by atoms with E-state index in [1.54, 1.807) is 0 Å². The van der Waals surface area contributed by atoms with Gasteiger partial charge in [0, 0.05) is 38.0 Å². The van der Waals surface area contributed by atoms with Crippen molar-refractivity contribution in [2.45, 2.75) is 37.6 Å². The van der Waals surface area contributed by atoms with Crippen LogP contribution in [0.1, 0.15) is 41.6 Å². The number of amides is 4. The first-order valence-corrected chi connectivity index (χ1v) is 13.2. The van der Waals surface area contributed by atoms with E-state index < -0.39 is 5.54 Å². The molecule has 0 spiro atoms. The van der Waals surface area contributed by atoms with Crippen molar-refractivity contribution >= 4 is 29.2 Å². The normalized spacial score (nSPS) is 24.1. The smallest absolute Gasteiger partial charge is 0.325 e. The average molecular weight is 481 g/mol. The van der Waals surface area contributed by atoms with Gasteiger partial charge in [0.25, 0.3) is 11.8 Å². The molecule has 1 N–H and O–H groups in total. The third-order valence-electron chi connectivity index (χ3n) is 7.61. The lowest BCUT2D eigenvalue weighted by Gasteiger charge is -2.41. The van der Waals surface area contributed by atoms with E-state index in [2.05, 4.69) is 10.2 Å². The van der Waals surface area contributed by atoms with Gasteiger partial charge in [0.1, 0.15) is 5.54 Å². The van der Waals surface area contributed by atoms with Gasteiger partial charge in [-0.25, -0.2) is 4.79 Å². The molecular formula is C26H32N4O3S. The number of hydrogen-bond donors (Lipinski definition) is 1. The summed E-state index contributed by atoms with van der Waals surface area (Å²) in [5.74, 6) is -0.0820. The first kappa shape index (κ1) is 23.1. The zero-order valence-corrected chi connectivity index (χ0v) is 20.3. The molecule has 180 valence electrons. The summed E-state index contributed by atoms with van der Waals surface area (Å²) in [7, 11) is 0. The predicted molar refractivity (Wildman–Crippen MR) is 132 cm³/mol. The topological polar surface area (TPSA) is 73.0 Å². The maximum atomic E-state index is 13.9. The van der Waals surface area contributed by atoms with E-state index in [1.165, 1.54) is 29.1 Å². The third-order valence-corrected chi connectivity index (χ3v) is 8.30. The second-order valence-corrected chi connectivity index (χ2v) is 10.4. The van der Waals surface area contributed by atoms with E-state index in [1.807, 2.05) is 52.1 Å². The standard InChI is InChI=1S/C26H32N4O3S/c31-23(21-10-17-34-19-21)29-13-8-22(9-14-29)26(18-20-6-2-1-3-7-20)24(32)30(25(33)27-26)16-15-28-11-4-5-12-28/h1-3,6-7,10,17,19,22H,4-5,8-9,11-16,18H2,(H,27,33). The van der Waals surface area contributed by atoms with Crippen LogP contribution >= 0.6 is 11.3 Å². The molecule has 3 aliphatic rings. The van der Waals surface area contributed by atoms with Crippen LogP contribution in [0.4, 0.5) is 4.79 Å². The molecule has 1 unspecified atom stereocenters. The quantitative estimate of drug-likeness (QED) is 0.618. The number of rotatable bonds is 7. The highest BCUT2D eigenvalue weighted by atomic mass is 32.1. The lowest BCUT2D eigenvalue weighted by molar-refractivity contribution is -0.134. The molecular weight excluding hydrogens is 448 g/mol. The van der Waals surface area contributed by atoms with Gasteiger partial charge in [0.05, 0.1) is 5.56 Å². The fourth-order valence-corrected chi connectivity index (χ4v) is 6.33. The number of thiophene rings is 1. The van der Waals surface area contributed by atoms with E-state index in [0.29, 0.717) is 38.9 Å². The molecule has 4 heterocycles. The Labute approximate surface area is 204 Å². The van der Waals surface area contributed by atoms with E-state index in [4.69, 9.17) is 0 Å². The Morgan fingerprint density at radius 3 is 2.41 bits per heavy atom. The first-order valence-electron chi connectivity index (χ1n) is 12.3. The van der Waals surface area contributed by atoms with Gasteiger partial charge in [0.15, 0.2) is 0 Å². The van der Waals surface area contributed by atoms with E-state index in [0.717, 1.165) is 30.8 Å². The van der Waals surface area contributed by atoms with Gasteiger partial charge in [-0.05, 0) is 61.7 Å². The van der Waals surface area contributed by atoms with E-state index in [9.17, 15) is 14.4 Å². The molecule has 34 heavy (non-hydrogen) atoms. The SMILES string of the molecule is O=C(c1ccsc1)N1CCC(C2(Cc3ccccc3)NC(=O)N(CCN3CCCC3)C2=O)CC1. The Morgan fingerprint density at radius 2 is 1.74 bits per heavy atom. The van der Waals surface area contributed by atoms with Gasteiger partial charge in [-0.1, -0.05) is 30.3 Å². The van der Waals surface area contributed by atoms with Crippen LogP contribution in [0.5, 0.6) is 0 Å². The summed E-state index contributed by atoms with van der Waals surface area (Å²) in [6.45, 7) is 4.41. The number of carbonyl (C=O) groups is 3. The maximum Gasteiger partial charge on any atom is 0.325 e. The van der Waals surface area contributed by atoms with Crippen LogP contribution in [0, 0.1) is 5.92 Å². The van der Waals surface area contributed by atoms with Gasteiger partial charge in [-0.15, -0.1) is 0 Å². The number of likely N-dealkylation sites (tertiary alicyclic amines) is 2. The number of hydrogen-bond acceptors (Lipinski definition) is 5. The van der Waals surface area contributed by atoms with Crippen LogP contribution < -0.4 is 5.32 Å². The fourth-order valence-electron chi connectivity index (χ4n) is 5.70. The Bertz CT molecular complexity index is 1010. The van der Waals surface area contributed by atoms with Crippen molar-refractivity contribution in [3.05, 3.63) is 58.3 Å². The van der Waals surface area contributed by atoms with Crippen molar-refractivity contribution in [3.63, 3.8) is 0 Å². The molecule has 3 saturated heterocycles. The predicted octanol–water partition coefficient (Wildman–Crippen LogP) is 3.23. The molecule has 0 radical (unpaired) electrons. The summed E-state index contributed by atoms with van der Waals surface area (Å²) in [5, 5.41) is 6.94. The molecule has 0 saturated carbocycles. The highest BCUT2D eigenvalue weighted by Crippen LogP contribution is 2.37. The monoisotopic (exact) mass is 480 g/mol. The molecule has 1 atom stereocenters. The van der Waals surface area contributed by atoms with Crippen LogP contribution in [-0.2, 0) is 11.2 Å². The third kappa shape index (κ3) is 4.49. The van der Waals surface area contributed by atoms with Gasteiger partial charge in [-0.3, -0.25) is 14.5 Å². The van der Waals surface area contributed by atoms with Crippen molar-refractivity contribution in [2.75, 3.05) is 39.3 Å². The number of nitrogens with one attached hydrogen (secondary N) is 1. The summed E-state index contributed by atoms with van der Waals surface area (Å²) >= 11 is 1.52. The molecule has 1 aromatic carbocycles. The molecule has 5 rings (SSSR count). The zero-order chi connectivity index (χ0) is 23.5. The lowest BCUT2D eigenvalue weighted by atomic mass is 9.74. The van der Waals surface area contributed by atoms with Gasteiger partial charge in [-0.2, -0.15) is 11.3 Å². The summed E-state index contributed by atoms with van der Waals surface area (Å²) in [5.41, 5.74) is 0.802. The zero-order valence-electron chi connectivity index (χ0n) is 19.4. The fraction of sp³-hybridized carbons (Fsp3) is 0.500. The number of carbonyl (C=O) groups excluding carboxylic acids is 3. The van der Waals surface area contributed by atoms with Crippen molar-refractivity contribution in [2.24, 2.45) is 5.92 Å². The second-order valence-electron chi connectivity index (χ2n) is 9.65. The van der Waals surface area contributed by atoms with Crippen LogP contribution in [-0.4, -0.2) is 77.4 Å². The van der Waals surface area contributed by atoms with Crippen molar-refractivity contribution in [1.29, 1.82) is 0 Å². The Morgan fingerprint density at radius 1 is 1.00 bits per heavy atom. The Kier molecular flexibility index (Phi) is 6.70. The number of nitrogens with zero attached hydrogens (tertiary/aromatic N) is 3. The van der Waals surface area contributed by atoms with Crippen LogP contribution in [0.25, 0.3) is 0 Å². The highest BCUT2D eigenvalue weighted by molar-refractivity contribution is 7.08.